The summed E-state index contributed by atoms with van der Waals surface area (Å²) < 4.78 is 0. The second-order valence-corrected chi connectivity index (χ2v) is 6.98. The van der Waals surface area contributed by atoms with Crippen molar-refractivity contribution >= 4 is 17.2 Å². The van der Waals surface area contributed by atoms with Gasteiger partial charge in [-0.2, -0.15) is 31.6 Å². The Balaban J connectivity index is 5.35. The number of hydrogen-bond donors (Lipinski definition) is 0. The lowest BCUT2D eigenvalue weighted by Crippen LogP contribution is -2.25. The fourth-order valence-corrected chi connectivity index (χ4v) is 5.08. The molecule has 0 amide bonds. The van der Waals surface area contributed by atoms with Crippen molar-refractivity contribution in [2.45, 2.75) is 0 Å². The minimum Gasteiger partial charge on any atom is -0.195 e. The Bertz CT molecular complexity index is 477. The molecule has 0 N–H and O–H groups in total. The minimum absolute atomic E-state index is 0.0208. The smallest absolute Gasteiger partial charge is 0.195 e. The Labute approximate surface area is 121 Å². The van der Waals surface area contributed by atoms with Gasteiger partial charge in [0, 0.05) is 12.3 Å². The lowest BCUT2D eigenvalue weighted by atomic mass is 9.97. The lowest BCUT2D eigenvalue weighted by Gasteiger charge is -2.23. The molecule has 0 aromatic carbocycles. The van der Waals surface area contributed by atoms with Gasteiger partial charge >= 0.3 is 0 Å². The van der Waals surface area contributed by atoms with Gasteiger partial charge in [-0.15, -0.1) is 9.24 Å². The first-order valence-corrected chi connectivity index (χ1v) is 8.12. The van der Waals surface area contributed by atoms with E-state index >= 15 is 0 Å². The summed E-state index contributed by atoms with van der Waals surface area (Å²) in [5.74, 6) is 0. The first kappa shape index (κ1) is 17.8. The van der Waals surface area contributed by atoms with Crippen LogP contribution in [0.2, 0.25) is 0 Å². The van der Waals surface area contributed by atoms with Crippen LogP contribution in [0.5, 0.6) is 0 Å². The highest BCUT2D eigenvalue weighted by molar-refractivity contribution is 7.58. The van der Waals surface area contributed by atoms with E-state index in [0.717, 1.165) is 0 Å². The average molecular weight is 300 g/mol. The van der Waals surface area contributed by atoms with Crippen molar-refractivity contribution in [2.24, 2.45) is 10.8 Å². The molecule has 1 unspecified atom stereocenters. The van der Waals surface area contributed by atoms with Crippen LogP contribution in [-0.4, -0.2) is 24.6 Å². The van der Waals surface area contributed by atoms with Crippen molar-refractivity contribution in [3.8, 4) is 36.4 Å². The van der Waals surface area contributed by atoms with E-state index in [-0.39, 0.29) is 12.3 Å². The van der Waals surface area contributed by atoms with Crippen LogP contribution in [0.15, 0.2) is 0 Å². The van der Waals surface area contributed by atoms with E-state index in [9.17, 15) is 0 Å². The van der Waals surface area contributed by atoms with Gasteiger partial charge in [-0.25, -0.2) is 0 Å². The molecule has 0 saturated carbocycles. The van der Waals surface area contributed by atoms with Crippen molar-refractivity contribution in [1.29, 1.82) is 31.6 Å². The fourth-order valence-electron chi connectivity index (χ4n) is 1.43. The van der Waals surface area contributed by atoms with E-state index in [4.69, 9.17) is 31.6 Å². The third kappa shape index (κ3) is 4.17. The van der Waals surface area contributed by atoms with Crippen molar-refractivity contribution < 1.29 is 0 Å². The van der Waals surface area contributed by atoms with Crippen molar-refractivity contribution in [3.63, 3.8) is 0 Å². The van der Waals surface area contributed by atoms with E-state index < -0.39 is 18.8 Å². The topological polar surface area (TPSA) is 143 Å². The molecule has 0 aromatic rings. The van der Waals surface area contributed by atoms with Gasteiger partial charge in [0.1, 0.15) is 36.4 Å². The molecule has 8 heteroatoms. The standard InChI is InChI=1S/C12H10N6P2/c13-3-11(4-14,5-15)9-20(2-1-19)10-12(6-16,7-17)8-18/h1-2,9-10,19H2. The summed E-state index contributed by atoms with van der Waals surface area (Å²) in [5.41, 5.74) is -3.56. The fraction of sp³-hybridized carbons (Fsp3) is 0.500. The van der Waals surface area contributed by atoms with E-state index in [1.54, 1.807) is 36.4 Å². The van der Waals surface area contributed by atoms with E-state index in [1.165, 1.54) is 0 Å². The minimum atomic E-state index is -1.78. The van der Waals surface area contributed by atoms with Crippen LogP contribution in [0.3, 0.4) is 0 Å². The largest absolute Gasteiger partial charge is 0.232 e. The SMILES string of the molecule is N#CC(C#N)(C#N)CP(CCP)CC(C#N)(C#N)C#N. The Morgan fingerprint density at radius 2 is 1.00 bits per heavy atom. The molecule has 0 heterocycles. The van der Waals surface area contributed by atoms with E-state index in [1.807, 2.05) is 0 Å². The maximum Gasteiger partial charge on any atom is 0.232 e. The number of nitrogens with zero attached hydrogens (tertiary/aromatic N) is 6. The van der Waals surface area contributed by atoms with Gasteiger partial charge in [0.25, 0.3) is 0 Å². The van der Waals surface area contributed by atoms with Gasteiger partial charge in [0.2, 0.25) is 10.8 Å². The molecule has 0 fully saturated rings. The highest BCUT2D eigenvalue weighted by atomic mass is 31.1. The normalized spacial score (nSPS) is 10.2. The molecule has 1 atom stereocenters. The van der Waals surface area contributed by atoms with Gasteiger partial charge in [0.05, 0.1) is 0 Å². The van der Waals surface area contributed by atoms with Crippen LogP contribution in [0.25, 0.3) is 0 Å². The Morgan fingerprint density at radius 1 is 0.700 bits per heavy atom. The molecule has 0 aromatic heterocycles. The second-order valence-electron chi connectivity index (χ2n) is 3.98. The molecule has 0 radical (unpaired) electrons. The highest BCUT2D eigenvalue weighted by Gasteiger charge is 2.39. The second kappa shape index (κ2) is 8.07. The van der Waals surface area contributed by atoms with E-state index in [0.29, 0.717) is 12.3 Å². The summed E-state index contributed by atoms with van der Waals surface area (Å²) in [6, 6.07) is 10.1. The van der Waals surface area contributed by atoms with Crippen LogP contribution in [0.1, 0.15) is 0 Å². The molecule has 0 saturated heterocycles. The molecule has 20 heavy (non-hydrogen) atoms. The van der Waals surface area contributed by atoms with Gasteiger partial charge in [0.15, 0.2) is 0 Å². The summed E-state index contributed by atoms with van der Waals surface area (Å²) >= 11 is 0. The lowest BCUT2D eigenvalue weighted by molar-refractivity contribution is 0.751. The van der Waals surface area contributed by atoms with Gasteiger partial charge in [-0.05, 0) is 12.3 Å². The average Bonchev–Trinajstić information content (AvgIpc) is 2.50. The Kier molecular flexibility index (Phi) is 7.18. The number of hydrogen-bond acceptors (Lipinski definition) is 6. The molecule has 6 nitrogen and oxygen atoms in total. The summed E-state index contributed by atoms with van der Waals surface area (Å²) in [5, 5.41) is 53.9. The third-order valence-electron chi connectivity index (χ3n) is 2.51. The van der Waals surface area contributed by atoms with Crippen LogP contribution >= 0.6 is 17.2 Å². The first-order valence-electron chi connectivity index (χ1n) is 5.41. The third-order valence-corrected chi connectivity index (χ3v) is 6.02. The van der Waals surface area contributed by atoms with Gasteiger partial charge in [-0.3, -0.25) is 0 Å². The van der Waals surface area contributed by atoms with Crippen molar-refractivity contribution in [3.05, 3.63) is 0 Å². The maximum absolute atomic E-state index is 8.98. The first-order chi connectivity index (χ1) is 9.50. The van der Waals surface area contributed by atoms with Crippen molar-refractivity contribution in [2.75, 3.05) is 24.6 Å². The predicted molar refractivity (Wildman–Crippen MR) is 74.6 cm³/mol. The predicted octanol–water partition coefficient (Wildman–Crippen LogP) is 1.46. The molecule has 98 valence electrons. The molecule has 0 spiro atoms. The van der Waals surface area contributed by atoms with Crippen LogP contribution in [-0.2, 0) is 0 Å². The number of rotatable bonds is 6. The summed E-state index contributed by atoms with van der Waals surface area (Å²) in [6.45, 7) is 0. The zero-order valence-corrected chi connectivity index (χ0v) is 12.6. The Morgan fingerprint density at radius 3 is 1.20 bits per heavy atom. The molecule has 0 aliphatic heterocycles. The molecule has 0 aliphatic rings. The number of nitriles is 6. The van der Waals surface area contributed by atoms with E-state index in [2.05, 4.69) is 9.24 Å². The summed E-state index contributed by atoms with van der Waals surface area (Å²) in [7, 11) is 1.35. The summed E-state index contributed by atoms with van der Waals surface area (Å²) in [4.78, 5) is 0. The van der Waals surface area contributed by atoms with Crippen LogP contribution in [0, 0.1) is 78.8 Å². The maximum atomic E-state index is 8.98. The van der Waals surface area contributed by atoms with Crippen LogP contribution in [0.4, 0.5) is 0 Å². The van der Waals surface area contributed by atoms with Crippen LogP contribution < -0.4 is 0 Å². The summed E-state index contributed by atoms with van der Waals surface area (Å²) in [6.07, 6.45) is 1.15. The molecular weight excluding hydrogens is 290 g/mol. The molecular formula is C12H10N6P2. The van der Waals surface area contributed by atoms with Gasteiger partial charge < -0.3 is 0 Å². The molecule has 0 rings (SSSR count). The zero-order valence-electron chi connectivity index (χ0n) is 10.5. The zero-order chi connectivity index (χ0) is 15.6. The molecule has 0 aliphatic carbocycles. The Hall–Kier alpha value is -2.20. The highest BCUT2D eigenvalue weighted by Crippen LogP contribution is 2.46. The van der Waals surface area contributed by atoms with Crippen molar-refractivity contribution in [1.82, 2.24) is 0 Å². The molecule has 0 bridgehead atoms. The quantitative estimate of drug-likeness (QED) is 0.679. The van der Waals surface area contributed by atoms with Gasteiger partial charge in [-0.1, -0.05) is 7.92 Å². The monoisotopic (exact) mass is 300 g/mol.